The minimum absolute atomic E-state index is 0.159. The minimum Gasteiger partial charge on any atom is -0.478 e. The zero-order valence-electron chi connectivity index (χ0n) is 22.0. The smallest absolute Gasteiger partial charge is 0.412 e. The number of hydrogen-bond acceptors (Lipinski definition) is 6. The Kier molecular flexibility index (Phi) is 10.3. The van der Waals surface area contributed by atoms with Crippen LogP contribution in [-0.2, 0) is 30.3 Å². The largest absolute Gasteiger partial charge is 0.478 e. The topological polar surface area (TPSA) is 94.5 Å². The van der Waals surface area contributed by atoms with Gasteiger partial charge in [0.15, 0.2) is 6.29 Å². The summed E-state index contributed by atoms with van der Waals surface area (Å²) in [7, 11) is 0. The monoisotopic (exact) mass is 503 g/mol. The van der Waals surface area contributed by atoms with Crippen LogP contribution in [0.2, 0.25) is 0 Å². The van der Waals surface area contributed by atoms with Crippen LogP contribution in [0, 0.1) is 5.92 Å². The lowest BCUT2D eigenvalue weighted by molar-refractivity contribution is -0.162. The highest BCUT2D eigenvalue weighted by atomic mass is 16.7. The Morgan fingerprint density at radius 2 is 1.97 bits per heavy atom. The van der Waals surface area contributed by atoms with Crippen LogP contribution in [0.15, 0.2) is 42.0 Å². The molecule has 1 aromatic carbocycles. The number of hydrogen-bond donors (Lipinski definition) is 1. The fourth-order valence-electron chi connectivity index (χ4n) is 4.81. The molecule has 2 saturated heterocycles. The predicted molar refractivity (Wildman–Crippen MR) is 135 cm³/mol. The van der Waals surface area contributed by atoms with Crippen LogP contribution in [0.25, 0.3) is 0 Å². The highest BCUT2D eigenvalue weighted by Crippen LogP contribution is 2.37. The molecule has 200 valence electrons. The Morgan fingerprint density at radius 1 is 1.22 bits per heavy atom. The van der Waals surface area contributed by atoms with Crippen molar-refractivity contribution in [3.8, 4) is 0 Å². The highest BCUT2D eigenvalue weighted by molar-refractivity contribution is 5.86. The van der Waals surface area contributed by atoms with Crippen LogP contribution in [0.3, 0.4) is 0 Å². The number of carbonyl (C=O) groups excluding carboxylic acids is 1. The lowest BCUT2D eigenvalue weighted by Crippen LogP contribution is -2.48. The summed E-state index contributed by atoms with van der Waals surface area (Å²) in [6.07, 6.45) is 5.02. The number of carboxylic acid groups (broad SMARTS) is 1. The van der Waals surface area contributed by atoms with Crippen molar-refractivity contribution in [2.24, 2.45) is 5.92 Å². The average Bonchev–Trinajstić information content (AvgIpc) is 3.08. The summed E-state index contributed by atoms with van der Waals surface area (Å²) in [6, 6.07) is 9.17. The maximum Gasteiger partial charge on any atom is 0.412 e. The van der Waals surface area contributed by atoms with Crippen molar-refractivity contribution < 1.29 is 33.6 Å². The van der Waals surface area contributed by atoms with Crippen LogP contribution in [0.4, 0.5) is 4.79 Å². The molecule has 0 radical (unpaired) electrons. The van der Waals surface area contributed by atoms with Crippen LogP contribution in [0.1, 0.15) is 71.8 Å². The van der Waals surface area contributed by atoms with Crippen molar-refractivity contribution >= 4 is 12.1 Å². The van der Waals surface area contributed by atoms with E-state index < -0.39 is 23.9 Å². The van der Waals surface area contributed by atoms with Crippen molar-refractivity contribution in [3.63, 3.8) is 0 Å². The van der Waals surface area contributed by atoms with E-state index in [0.29, 0.717) is 32.5 Å². The Balaban J connectivity index is 1.68. The molecule has 1 N–H and O–H groups in total. The van der Waals surface area contributed by atoms with Gasteiger partial charge in [-0.15, -0.1) is 0 Å². The third kappa shape index (κ3) is 8.05. The summed E-state index contributed by atoms with van der Waals surface area (Å²) in [5.74, 6) is -0.719. The fraction of sp³-hybridized carbons (Fsp3) is 0.643. The van der Waals surface area contributed by atoms with E-state index in [1.807, 2.05) is 44.2 Å². The first-order valence-electron chi connectivity index (χ1n) is 13.0. The zero-order chi connectivity index (χ0) is 26.1. The minimum atomic E-state index is -0.987. The highest BCUT2D eigenvalue weighted by Gasteiger charge is 2.50. The molecule has 2 fully saturated rings. The summed E-state index contributed by atoms with van der Waals surface area (Å²) in [5, 5.41) is 9.87. The molecular formula is C28H41NO7. The molecule has 0 spiro atoms. The Bertz CT molecular complexity index is 877. The summed E-state index contributed by atoms with van der Waals surface area (Å²) in [4.78, 5) is 26.9. The van der Waals surface area contributed by atoms with Gasteiger partial charge in [0.05, 0.1) is 18.8 Å². The zero-order valence-corrected chi connectivity index (χ0v) is 22.0. The molecule has 0 aliphatic carbocycles. The van der Waals surface area contributed by atoms with E-state index in [4.69, 9.17) is 18.9 Å². The van der Waals surface area contributed by atoms with Gasteiger partial charge in [-0.25, -0.2) is 9.59 Å². The lowest BCUT2D eigenvalue weighted by atomic mass is 9.96. The van der Waals surface area contributed by atoms with Crippen molar-refractivity contribution in [2.75, 3.05) is 13.2 Å². The van der Waals surface area contributed by atoms with Gasteiger partial charge in [0.25, 0.3) is 0 Å². The van der Waals surface area contributed by atoms with E-state index in [-0.39, 0.29) is 30.4 Å². The first kappa shape index (κ1) is 28.2. The molecule has 2 heterocycles. The molecule has 1 amide bonds. The fourth-order valence-corrected chi connectivity index (χ4v) is 4.81. The van der Waals surface area contributed by atoms with Crippen LogP contribution in [-0.4, -0.2) is 59.4 Å². The van der Waals surface area contributed by atoms with E-state index in [0.717, 1.165) is 24.8 Å². The molecule has 8 nitrogen and oxygen atoms in total. The number of aliphatic carboxylic acids is 1. The number of carbonyl (C=O) groups is 2. The van der Waals surface area contributed by atoms with Gasteiger partial charge in [-0.2, -0.15) is 0 Å². The summed E-state index contributed by atoms with van der Waals surface area (Å²) < 4.78 is 23.2. The summed E-state index contributed by atoms with van der Waals surface area (Å²) in [5.41, 5.74) is 0.214. The maximum atomic E-state index is 13.2. The van der Waals surface area contributed by atoms with E-state index in [9.17, 15) is 14.7 Å². The molecule has 36 heavy (non-hydrogen) atoms. The number of ether oxygens (including phenoxy) is 4. The Labute approximate surface area is 214 Å². The maximum absolute atomic E-state index is 13.2. The van der Waals surface area contributed by atoms with Gasteiger partial charge in [-0.05, 0) is 69.9 Å². The molecule has 1 aromatic rings. The summed E-state index contributed by atoms with van der Waals surface area (Å²) >= 11 is 0. The van der Waals surface area contributed by atoms with Gasteiger partial charge in [0.2, 0.25) is 0 Å². The molecule has 0 saturated carbocycles. The number of amides is 1. The SMILES string of the molecule is CC(C)C[C@H]1[C@H](C=C(CCCOC2CCCCO2)C(=O)O)OC(C)(C)N1C(=O)OCc1ccccc1. The molecule has 0 bridgehead atoms. The lowest BCUT2D eigenvalue weighted by Gasteiger charge is -2.33. The number of carboxylic acids is 1. The normalized spacial score (nSPS) is 24.2. The second-order valence-electron chi connectivity index (χ2n) is 10.4. The number of benzene rings is 1. The van der Waals surface area contributed by atoms with Gasteiger partial charge in [0, 0.05) is 12.2 Å². The van der Waals surface area contributed by atoms with Crippen molar-refractivity contribution in [1.29, 1.82) is 0 Å². The van der Waals surface area contributed by atoms with Crippen LogP contribution >= 0.6 is 0 Å². The van der Waals surface area contributed by atoms with Gasteiger partial charge >= 0.3 is 12.1 Å². The van der Waals surface area contributed by atoms with E-state index >= 15 is 0 Å². The van der Waals surface area contributed by atoms with Gasteiger partial charge in [-0.3, -0.25) is 4.90 Å². The second-order valence-corrected chi connectivity index (χ2v) is 10.4. The first-order chi connectivity index (χ1) is 17.2. The molecule has 8 heteroatoms. The third-order valence-electron chi connectivity index (χ3n) is 6.50. The van der Waals surface area contributed by atoms with E-state index in [2.05, 4.69) is 13.8 Å². The van der Waals surface area contributed by atoms with E-state index in [1.165, 1.54) is 0 Å². The van der Waals surface area contributed by atoms with Gasteiger partial charge < -0.3 is 24.1 Å². The van der Waals surface area contributed by atoms with Crippen LogP contribution in [0.5, 0.6) is 0 Å². The van der Waals surface area contributed by atoms with Crippen molar-refractivity contribution in [3.05, 3.63) is 47.5 Å². The average molecular weight is 504 g/mol. The molecule has 2 aliphatic rings. The number of rotatable bonds is 11. The first-order valence-corrected chi connectivity index (χ1v) is 13.0. The molecular weight excluding hydrogens is 462 g/mol. The summed E-state index contributed by atoms with van der Waals surface area (Å²) in [6.45, 7) is 9.07. The molecule has 3 atom stereocenters. The third-order valence-corrected chi connectivity index (χ3v) is 6.50. The number of nitrogens with zero attached hydrogens (tertiary/aromatic N) is 1. The van der Waals surface area contributed by atoms with Crippen LogP contribution < -0.4 is 0 Å². The van der Waals surface area contributed by atoms with Gasteiger partial charge in [-0.1, -0.05) is 44.2 Å². The molecule has 1 unspecified atom stereocenters. The second kappa shape index (κ2) is 13.2. The van der Waals surface area contributed by atoms with Crippen molar-refractivity contribution in [2.45, 2.75) is 97.0 Å². The Morgan fingerprint density at radius 3 is 2.61 bits per heavy atom. The van der Waals surface area contributed by atoms with Gasteiger partial charge in [0.1, 0.15) is 12.3 Å². The predicted octanol–water partition coefficient (Wildman–Crippen LogP) is 5.51. The van der Waals surface area contributed by atoms with E-state index in [1.54, 1.807) is 11.0 Å². The Hall–Kier alpha value is -2.42. The standard InChI is InChI=1S/C28H41NO7/c1-20(2)17-23-24(18-22(26(30)31)13-10-16-34-25-14-8-9-15-33-25)36-28(3,4)29(23)27(32)35-19-21-11-6-5-7-12-21/h5-7,11-12,18,20,23-25H,8-10,13-17,19H2,1-4H3,(H,30,31)/t23-,24-,25?/m0/s1. The molecule has 2 aliphatic heterocycles. The quantitative estimate of drug-likeness (QED) is 0.314. The van der Waals surface area contributed by atoms with Crippen molar-refractivity contribution in [1.82, 2.24) is 4.90 Å². The molecule has 3 rings (SSSR count). The molecule has 0 aromatic heterocycles.